The predicted octanol–water partition coefficient (Wildman–Crippen LogP) is 4.74. The average molecular weight is 441 g/mol. The summed E-state index contributed by atoms with van der Waals surface area (Å²) >= 11 is 5.94. The first kappa shape index (κ1) is 20.2. The summed E-state index contributed by atoms with van der Waals surface area (Å²) in [5, 5.41) is 28.5. The zero-order chi connectivity index (χ0) is 22.1. The maximum atomic E-state index is 13.2. The number of rotatable bonds is 5. The van der Waals surface area contributed by atoms with E-state index in [1.54, 1.807) is 36.4 Å². The molecule has 156 valence electrons. The van der Waals surface area contributed by atoms with Gasteiger partial charge in [0.05, 0.1) is 33.5 Å². The van der Waals surface area contributed by atoms with Gasteiger partial charge in [-0.3, -0.25) is 25.0 Å². The number of hydrazone groups is 1. The van der Waals surface area contributed by atoms with Crippen LogP contribution in [0.1, 0.15) is 34.1 Å². The summed E-state index contributed by atoms with van der Waals surface area (Å²) in [5.41, 5.74) is -0.0346. The van der Waals surface area contributed by atoms with Gasteiger partial charge in [0.1, 0.15) is 11.8 Å². The van der Waals surface area contributed by atoms with Gasteiger partial charge in [0.2, 0.25) is 0 Å². The molecule has 1 aliphatic rings. The Morgan fingerprint density at radius 2 is 1.71 bits per heavy atom. The molecule has 1 amide bonds. The molecule has 0 fully saturated rings. The maximum absolute atomic E-state index is 13.2. The lowest BCUT2D eigenvalue weighted by Crippen LogP contribution is -2.27. The molecule has 1 atom stereocenters. The summed E-state index contributed by atoms with van der Waals surface area (Å²) in [5.74, 6) is -0.266. The minimum atomic E-state index is -0.791. The minimum Gasteiger partial charge on any atom is -0.467 e. The first-order valence-corrected chi connectivity index (χ1v) is 9.35. The van der Waals surface area contributed by atoms with Gasteiger partial charge in [0.15, 0.2) is 0 Å². The first-order valence-electron chi connectivity index (χ1n) is 8.98. The van der Waals surface area contributed by atoms with E-state index >= 15 is 0 Å². The highest BCUT2D eigenvalue weighted by atomic mass is 35.5. The lowest BCUT2D eigenvalue weighted by atomic mass is 10.0. The van der Waals surface area contributed by atoms with Crippen LogP contribution >= 0.6 is 11.6 Å². The molecular weight excluding hydrogens is 428 g/mol. The van der Waals surface area contributed by atoms with E-state index in [9.17, 15) is 25.0 Å². The standard InChI is InChI=1S/C20H13ClN4O6/c21-14-5-3-12(4-6-14)17-11-18(19-2-1-7-31-19)23(22-17)20(26)13-8-15(24(27)28)10-16(9-13)25(29)30/h1-10,18H,11H2. The van der Waals surface area contributed by atoms with Gasteiger partial charge in [-0.15, -0.1) is 0 Å². The van der Waals surface area contributed by atoms with Crippen LogP contribution in [0.25, 0.3) is 0 Å². The number of furan rings is 1. The lowest BCUT2D eigenvalue weighted by Gasteiger charge is -2.19. The topological polar surface area (TPSA) is 132 Å². The summed E-state index contributed by atoms with van der Waals surface area (Å²) in [4.78, 5) is 34.0. The molecule has 1 aliphatic heterocycles. The third-order valence-electron chi connectivity index (χ3n) is 4.74. The lowest BCUT2D eigenvalue weighted by molar-refractivity contribution is -0.394. The summed E-state index contributed by atoms with van der Waals surface area (Å²) < 4.78 is 5.46. The third-order valence-corrected chi connectivity index (χ3v) is 4.99. The van der Waals surface area contributed by atoms with E-state index in [0.29, 0.717) is 22.9 Å². The van der Waals surface area contributed by atoms with Crippen molar-refractivity contribution in [3.63, 3.8) is 0 Å². The summed E-state index contributed by atoms with van der Waals surface area (Å²) in [6.45, 7) is 0. The summed E-state index contributed by atoms with van der Waals surface area (Å²) in [7, 11) is 0. The summed E-state index contributed by atoms with van der Waals surface area (Å²) in [6, 6.07) is 12.4. The van der Waals surface area contributed by atoms with Crippen LogP contribution in [0.3, 0.4) is 0 Å². The van der Waals surface area contributed by atoms with Crippen LogP contribution in [0, 0.1) is 20.2 Å². The fourth-order valence-corrected chi connectivity index (χ4v) is 3.40. The molecule has 2 heterocycles. The van der Waals surface area contributed by atoms with Gasteiger partial charge in [0, 0.05) is 23.6 Å². The largest absolute Gasteiger partial charge is 0.467 e. The average Bonchev–Trinajstić information content (AvgIpc) is 3.43. The fraction of sp³-hybridized carbons (Fsp3) is 0.100. The van der Waals surface area contributed by atoms with E-state index in [1.165, 1.54) is 6.26 Å². The van der Waals surface area contributed by atoms with Crippen LogP contribution in [0.5, 0.6) is 0 Å². The van der Waals surface area contributed by atoms with Crippen molar-refractivity contribution in [2.24, 2.45) is 5.10 Å². The molecule has 4 rings (SSSR count). The van der Waals surface area contributed by atoms with Crippen molar-refractivity contribution in [2.75, 3.05) is 0 Å². The molecule has 0 radical (unpaired) electrons. The van der Waals surface area contributed by atoms with Crippen LogP contribution in [0.4, 0.5) is 11.4 Å². The number of hydrogen-bond donors (Lipinski definition) is 0. The third kappa shape index (κ3) is 4.01. The number of nitro benzene ring substituents is 2. The Labute approximate surface area is 179 Å². The zero-order valence-electron chi connectivity index (χ0n) is 15.7. The summed E-state index contributed by atoms with van der Waals surface area (Å²) in [6.07, 6.45) is 1.77. The molecule has 0 aliphatic carbocycles. The Hall–Kier alpha value is -4.05. The number of benzene rings is 2. The highest BCUT2D eigenvalue weighted by molar-refractivity contribution is 6.30. The molecule has 1 unspecified atom stereocenters. The fourth-order valence-electron chi connectivity index (χ4n) is 3.28. The van der Waals surface area contributed by atoms with Crippen molar-refractivity contribution in [2.45, 2.75) is 12.5 Å². The molecule has 10 nitrogen and oxygen atoms in total. The van der Waals surface area contributed by atoms with Gasteiger partial charge in [-0.1, -0.05) is 23.7 Å². The smallest absolute Gasteiger partial charge is 0.277 e. The number of hydrogen-bond acceptors (Lipinski definition) is 7. The molecule has 0 N–H and O–H groups in total. The quantitative estimate of drug-likeness (QED) is 0.415. The van der Waals surface area contributed by atoms with Crippen molar-refractivity contribution in [1.82, 2.24) is 5.01 Å². The molecule has 0 saturated heterocycles. The van der Waals surface area contributed by atoms with Gasteiger partial charge < -0.3 is 4.42 Å². The second-order valence-corrected chi connectivity index (χ2v) is 7.13. The predicted molar refractivity (Wildman–Crippen MR) is 110 cm³/mol. The van der Waals surface area contributed by atoms with Gasteiger partial charge in [-0.05, 0) is 29.8 Å². The number of nitrogens with zero attached hydrogens (tertiary/aromatic N) is 4. The Morgan fingerprint density at radius 3 is 2.26 bits per heavy atom. The van der Waals surface area contributed by atoms with E-state index in [4.69, 9.17) is 16.0 Å². The normalized spacial score (nSPS) is 15.6. The second-order valence-electron chi connectivity index (χ2n) is 6.69. The molecular formula is C20H13ClN4O6. The van der Waals surface area contributed by atoms with Crippen LogP contribution in [-0.4, -0.2) is 26.5 Å². The monoisotopic (exact) mass is 440 g/mol. The van der Waals surface area contributed by atoms with Gasteiger partial charge >= 0.3 is 0 Å². The maximum Gasteiger partial charge on any atom is 0.277 e. The first-order chi connectivity index (χ1) is 14.8. The van der Waals surface area contributed by atoms with Crippen molar-refractivity contribution in [1.29, 1.82) is 0 Å². The molecule has 0 spiro atoms. The molecule has 0 bridgehead atoms. The van der Waals surface area contributed by atoms with Gasteiger partial charge in [-0.2, -0.15) is 5.10 Å². The molecule has 1 aromatic heterocycles. The Kier molecular flexibility index (Phi) is 5.22. The van der Waals surface area contributed by atoms with Crippen LogP contribution in [0.2, 0.25) is 5.02 Å². The molecule has 2 aromatic carbocycles. The van der Waals surface area contributed by atoms with E-state index in [2.05, 4.69) is 5.10 Å². The molecule has 3 aromatic rings. The van der Waals surface area contributed by atoms with Crippen LogP contribution < -0.4 is 0 Å². The van der Waals surface area contributed by atoms with Crippen LogP contribution in [0.15, 0.2) is 70.4 Å². The van der Waals surface area contributed by atoms with E-state index < -0.39 is 33.2 Å². The van der Waals surface area contributed by atoms with Crippen molar-refractivity contribution in [3.05, 3.63) is 103 Å². The zero-order valence-corrected chi connectivity index (χ0v) is 16.4. The van der Waals surface area contributed by atoms with Crippen molar-refractivity contribution in [3.8, 4) is 0 Å². The molecule has 0 saturated carbocycles. The Bertz CT molecular complexity index is 1170. The van der Waals surface area contributed by atoms with Gasteiger partial charge in [-0.25, -0.2) is 5.01 Å². The van der Waals surface area contributed by atoms with Gasteiger partial charge in [0.25, 0.3) is 17.3 Å². The number of nitro groups is 2. The van der Waals surface area contributed by atoms with E-state index in [1.807, 2.05) is 0 Å². The number of halogens is 1. The molecule has 11 heteroatoms. The number of amides is 1. The highest BCUT2D eigenvalue weighted by Gasteiger charge is 2.36. The SMILES string of the molecule is O=C(c1cc([N+](=O)[O-])cc([N+](=O)[O-])c1)N1N=C(c2ccc(Cl)cc2)CC1c1ccco1. The number of carbonyl (C=O) groups is 1. The van der Waals surface area contributed by atoms with E-state index in [-0.39, 0.29) is 5.56 Å². The van der Waals surface area contributed by atoms with Crippen molar-refractivity contribution < 1.29 is 19.1 Å². The Balaban J connectivity index is 1.77. The number of carbonyl (C=O) groups excluding carboxylic acids is 1. The van der Waals surface area contributed by atoms with E-state index in [0.717, 1.165) is 28.8 Å². The second kappa shape index (κ2) is 8.00. The highest BCUT2D eigenvalue weighted by Crippen LogP contribution is 2.35. The van der Waals surface area contributed by atoms with Crippen molar-refractivity contribution >= 4 is 34.6 Å². The molecule has 31 heavy (non-hydrogen) atoms. The minimum absolute atomic E-state index is 0.224. The number of non-ortho nitro benzene ring substituents is 2. The Morgan fingerprint density at radius 1 is 1.06 bits per heavy atom. The van der Waals surface area contributed by atoms with Crippen LogP contribution in [-0.2, 0) is 0 Å².